The smallest absolute Gasteiger partial charge is 0.493 e. The third-order valence-corrected chi connectivity index (χ3v) is 7.38. The molecule has 0 saturated heterocycles. The summed E-state index contributed by atoms with van der Waals surface area (Å²) in [7, 11) is 1.44. The summed E-state index contributed by atoms with van der Waals surface area (Å²) in [6.45, 7) is 1.05. The summed E-state index contributed by atoms with van der Waals surface area (Å²) in [6.07, 6.45) is 0.714. The first-order valence-corrected chi connectivity index (χ1v) is 13.0. The Morgan fingerprint density at radius 2 is 1.79 bits per heavy atom. The lowest BCUT2D eigenvalue weighted by molar-refractivity contribution is -0.274. The first-order valence-electron chi connectivity index (χ1n) is 12.2. The molecule has 1 heterocycles. The maximum absolute atomic E-state index is 13.7. The molecule has 0 bridgehead atoms. The molecule has 1 saturated carbocycles. The van der Waals surface area contributed by atoms with Crippen LogP contribution in [0.1, 0.15) is 32.6 Å². The number of ether oxygens (including phenoxy) is 3. The van der Waals surface area contributed by atoms with Gasteiger partial charge in [0, 0.05) is 35.7 Å². The van der Waals surface area contributed by atoms with Crippen molar-refractivity contribution in [2.75, 3.05) is 13.7 Å². The number of nitrogens with zero attached hydrogens (tertiary/aromatic N) is 2. The molecule has 1 fully saturated rings. The van der Waals surface area contributed by atoms with Crippen LogP contribution in [0, 0.1) is 11.8 Å². The molecule has 1 aliphatic carbocycles. The van der Waals surface area contributed by atoms with E-state index in [1.165, 1.54) is 36.2 Å². The molecule has 210 valence electrons. The van der Waals surface area contributed by atoms with Crippen molar-refractivity contribution < 1.29 is 36.2 Å². The number of alkyl halides is 5. The standard InChI is InChI=1S/C27H27F5N2O4S/c1-26(28,29)15-18(17-4-3-5-17)16-37-22-11-6-19(14-23(22)36-2)34-13-12-33-24(25(34)35)39-21-9-7-20(8-10-21)38-27(30,31)32/h6-14,17-18H,3-5,15-16H2,1-2H3. The summed E-state index contributed by atoms with van der Waals surface area (Å²) in [5.41, 5.74) is 0.00192. The molecule has 3 aromatic rings. The molecule has 1 aromatic heterocycles. The molecular formula is C27H27F5N2O4S. The molecule has 4 rings (SSSR count). The molecule has 39 heavy (non-hydrogen) atoms. The fraction of sp³-hybridized carbons (Fsp3) is 0.407. The topological polar surface area (TPSA) is 62.6 Å². The minimum atomic E-state index is -4.80. The minimum absolute atomic E-state index is 0.102. The van der Waals surface area contributed by atoms with Crippen molar-refractivity contribution in [3.05, 3.63) is 65.2 Å². The van der Waals surface area contributed by atoms with E-state index in [9.17, 15) is 26.7 Å². The van der Waals surface area contributed by atoms with Crippen molar-refractivity contribution in [2.45, 2.75) is 54.8 Å². The summed E-state index contributed by atoms with van der Waals surface area (Å²) in [4.78, 5) is 17.7. The first kappa shape index (κ1) is 28.7. The van der Waals surface area contributed by atoms with Crippen LogP contribution in [0.2, 0.25) is 0 Å². The molecule has 0 N–H and O–H groups in total. The highest BCUT2D eigenvalue weighted by Gasteiger charge is 2.35. The van der Waals surface area contributed by atoms with Gasteiger partial charge >= 0.3 is 6.36 Å². The van der Waals surface area contributed by atoms with Gasteiger partial charge < -0.3 is 14.2 Å². The van der Waals surface area contributed by atoms with Gasteiger partial charge in [-0.15, -0.1) is 13.2 Å². The predicted octanol–water partition coefficient (Wildman–Crippen LogP) is 7.13. The fourth-order valence-electron chi connectivity index (χ4n) is 4.34. The second kappa shape index (κ2) is 11.8. The van der Waals surface area contributed by atoms with Crippen LogP contribution in [0.5, 0.6) is 17.2 Å². The van der Waals surface area contributed by atoms with E-state index < -0.39 is 17.8 Å². The van der Waals surface area contributed by atoms with Gasteiger partial charge in [0.2, 0.25) is 5.92 Å². The highest BCUT2D eigenvalue weighted by molar-refractivity contribution is 7.99. The SMILES string of the molecule is COc1cc(-n2ccnc(Sc3ccc(OC(F)(F)F)cc3)c2=O)ccc1OCC(CC(C)(F)F)C1CCC1. The van der Waals surface area contributed by atoms with E-state index in [4.69, 9.17) is 9.47 Å². The summed E-state index contributed by atoms with van der Waals surface area (Å²) in [5, 5.41) is 0.102. The molecule has 0 spiro atoms. The van der Waals surface area contributed by atoms with Gasteiger partial charge in [-0.25, -0.2) is 13.8 Å². The van der Waals surface area contributed by atoms with Crippen LogP contribution in [-0.4, -0.2) is 35.6 Å². The van der Waals surface area contributed by atoms with Crippen molar-refractivity contribution in [1.29, 1.82) is 0 Å². The third-order valence-electron chi connectivity index (χ3n) is 6.40. The molecule has 1 unspecified atom stereocenters. The zero-order valence-electron chi connectivity index (χ0n) is 21.2. The Balaban J connectivity index is 1.49. The quantitative estimate of drug-likeness (QED) is 0.229. The van der Waals surface area contributed by atoms with Gasteiger partial charge in [0.25, 0.3) is 5.56 Å². The maximum Gasteiger partial charge on any atom is 0.573 e. The van der Waals surface area contributed by atoms with Crippen molar-refractivity contribution in [3.63, 3.8) is 0 Å². The first-order chi connectivity index (χ1) is 18.4. The van der Waals surface area contributed by atoms with Crippen LogP contribution in [0.4, 0.5) is 22.0 Å². The average Bonchev–Trinajstić information content (AvgIpc) is 2.82. The van der Waals surface area contributed by atoms with E-state index >= 15 is 0 Å². The van der Waals surface area contributed by atoms with E-state index in [1.54, 1.807) is 18.2 Å². The Bertz CT molecular complexity index is 1320. The molecule has 2 aromatic carbocycles. The van der Waals surface area contributed by atoms with Crippen molar-refractivity contribution in [3.8, 4) is 22.9 Å². The van der Waals surface area contributed by atoms with E-state index in [0.717, 1.165) is 50.1 Å². The van der Waals surface area contributed by atoms with E-state index in [-0.39, 0.29) is 35.6 Å². The zero-order chi connectivity index (χ0) is 28.2. The number of benzene rings is 2. The maximum atomic E-state index is 13.7. The highest BCUT2D eigenvalue weighted by atomic mass is 32.2. The number of rotatable bonds is 11. The zero-order valence-corrected chi connectivity index (χ0v) is 22.0. The Morgan fingerprint density at radius 1 is 1.08 bits per heavy atom. The van der Waals surface area contributed by atoms with Gasteiger partial charge in [0.05, 0.1) is 19.4 Å². The normalized spacial score (nSPS) is 14.9. The summed E-state index contributed by atoms with van der Waals surface area (Å²) < 4.78 is 81.2. The van der Waals surface area contributed by atoms with E-state index in [0.29, 0.717) is 22.1 Å². The molecular weight excluding hydrogens is 543 g/mol. The molecule has 12 heteroatoms. The molecule has 1 aliphatic rings. The second-order valence-electron chi connectivity index (χ2n) is 9.40. The number of hydrogen-bond donors (Lipinski definition) is 0. The van der Waals surface area contributed by atoms with Gasteiger partial charge in [-0.2, -0.15) is 0 Å². The molecule has 0 radical (unpaired) electrons. The number of halogens is 5. The molecule has 1 atom stereocenters. The van der Waals surface area contributed by atoms with Gasteiger partial charge in [-0.3, -0.25) is 9.36 Å². The lowest BCUT2D eigenvalue weighted by atomic mass is 9.74. The number of methoxy groups -OCH3 is 1. The van der Waals surface area contributed by atoms with Gasteiger partial charge in [-0.1, -0.05) is 31.0 Å². The van der Waals surface area contributed by atoms with Gasteiger partial charge in [0.1, 0.15) is 5.75 Å². The largest absolute Gasteiger partial charge is 0.573 e. The minimum Gasteiger partial charge on any atom is -0.493 e. The van der Waals surface area contributed by atoms with Crippen molar-refractivity contribution in [2.24, 2.45) is 11.8 Å². The molecule has 0 amide bonds. The highest BCUT2D eigenvalue weighted by Crippen LogP contribution is 2.40. The Labute approximate surface area is 226 Å². The summed E-state index contributed by atoms with van der Waals surface area (Å²) in [5.74, 6) is -2.51. The third kappa shape index (κ3) is 7.87. The van der Waals surface area contributed by atoms with E-state index in [2.05, 4.69) is 9.72 Å². The molecule has 0 aliphatic heterocycles. The van der Waals surface area contributed by atoms with Crippen LogP contribution < -0.4 is 19.8 Å². The number of aromatic nitrogens is 2. The van der Waals surface area contributed by atoms with Gasteiger partial charge in [0.15, 0.2) is 16.5 Å². The Morgan fingerprint density at radius 3 is 2.38 bits per heavy atom. The van der Waals surface area contributed by atoms with Crippen LogP contribution in [0.3, 0.4) is 0 Å². The molecule has 6 nitrogen and oxygen atoms in total. The van der Waals surface area contributed by atoms with Gasteiger partial charge in [-0.05, 0) is 49.2 Å². The average molecular weight is 571 g/mol. The Kier molecular flexibility index (Phi) is 8.73. The number of hydrogen-bond acceptors (Lipinski definition) is 6. The van der Waals surface area contributed by atoms with Crippen LogP contribution in [0.25, 0.3) is 5.69 Å². The van der Waals surface area contributed by atoms with Crippen molar-refractivity contribution in [1.82, 2.24) is 9.55 Å². The predicted molar refractivity (Wildman–Crippen MR) is 135 cm³/mol. The monoisotopic (exact) mass is 570 g/mol. The summed E-state index contributed by atoms with van der Waals surface area (Å²) >= 11 is 0.990. The fourth-order valence-corrected chi connectivity index (χ4v) is 5.14. The Hall–Kier alpha value is -3.28. The van der Waals surface area contributed by atoms with E-state index in [1.807, 2.05) is 0 Å². The summed E-state index contributed by atoms with van der Waals surface area (Å²) in [6, 6.07) is 9.95. The van der Waals surface area contributed by atoms with Crippen LogP contribution in [0.15, 0.2) is 69.6 Å². The lowest BCUT2D eigenvalue weighted by Crippen LogP contribution is -2.31. The van der Waals surface area contributed by atoms with Crippen molar-refractivity contribution >= 4 is 11.8 Å². The van der Waals surface area contributed by atoms with Crippen LogP contribution >= 0.6 is 11.8 Å². The second-order valence-corrected chi connectivity index (χ2v) is 10.5. The van der Waals surface area contributed by atoms with Crippen LogP contribution in [-0.2, 0) is 0 Å². The lowest BCUT2D eigenvalue weighted by Gasteiger charge is -2.35.